The second kappa shape index (κ2) is 15.0. The number of fused-ring (bicyclic) bond motifs is 2. The molecule has 0 N–H and O–H groups in total. The van der Waals surface area contributed by atoms with E-state index in [0.29, 0.717) is 0 Å². The molecule has 6 heteroatoms. The van der Waals surface area contributed by atoms with Crippen LogP contribution in [-0.4, -0.2) is 51.8 Å². The number of para-hydroxylation sites is 3. The molecule has 0 amide bonds. The van der Waals surface area contributed by atoms with Crippen molar-refractivity contribution in [1.82, 2.24) is 0 Å². The minimum atomic E-state index is 0. The Kier molecular flexibility index (Phi) is 11.7. The number of pyridine rings is 1. The van der Waals surface area contributed by atoms with Crippen molar-refractivity contribution in [2.45, 2.75) is 44.4 Å². The van der Waals surface area contributed by atoms with Crippen molar-refractivity contribution in [2.75, 3.05) is 57.1 Å². The van der Waals surface area contributed by atoms with Crippen molar-refractivity contribution >= 4 is 40.2 Å². The molecular formula is C36H46N4SY+2. The number of hydrogen-bond acceptors (Lipinski definition) is 3. The van der Waals surface area contributed by atoms with Gasteiger partial charge in [-0.05, 0) is 54.8 Å². The third kappa shape index (κ3) is 7.48. The van der Waals surface area contributed by atoms with Crippen LogP contribution >= 0.6 is 11.8 Å². The average molecular weight is 656 g/mol. The van der Waals surface area contributed by atoms with Gasteiger partial charge in [-0.3, -0.25) is 4.90 Å². The summed E-state index contributed by atoms with van der Waals surface area (Å²) >= 11 is 1.86. The number of thioether (sulfide) groups is 1. The second-order valence-corrected chi connectivity index (χ2v) is 12.9. The number of benzene rings is 3. The Balaban J connectivity index is 0.00000405. The van der Waals surface area contributed by atoms with Crippen molar-refractivity contribution in [2.24, 2.45) is 0 Å². The molecule has 0 fully saturated rings. The van der Waals surface area contributed by atoms with Gasteiger partial charge in [-0.2, -0.15) is 4.57 Å². The summed E-state index contributed by atoms with van der Waals surface area (Å²) in [6.07, 6.45) is 7.15. The van der Waals surface area contributed by atoms with Crippen LogP contribution in [0.2, 0.25) is 0 Å². The maximum atomic E-state index is 2.65. The standard InChI is InChI=1S/C36H46N4S.Y/c1-6-8-23-38(24-16-26-40(4,5)25-7-2)35-27-29(28-36-37(3)33-21-14-15-22-34(33)41-36)31-19-12-13-20-32(31)39(35)30-17-10-9-11-18-30;/h9-15,17-22,27-28H,6-8,16,23-26H2,1-5H3;/q+2;. The van der Waals surface area contributed by atoms with Gasteiger partial charge in [-0.15, -0.1) is 0 Å². The van der Waals surface area contributed by atoms with Crippen molar-refractivity contribution in [3.8, 4) is 5.69 Å². The van der Waals surface area contributed by atoms with E-state index in [2.05, 4.69) is 140 Å². The topological polar surface area (TPSA) is 10.4 Å². The first-order valence-corrected chi connectivity index (χ1v) is 16.1. The number of anilines is 2. The average Bonchev–Trinajstić information content (AvgIpc) is 3.30. The number of rotatable bonds is 12. The van der Waals surface area contributed by atoms with Crippen LogP contribution in [0.1, 0.15) is 45.1 Å². The zero-order valence-corrected chi connectivity index (χ0v) is 29.7. The van der Waals surface area contributed by atoms with Crippen molar-refractivity contribution < 1.29 is 41.8 Å². The van der Waals surface area contributed by atoms with E-state index in [9.17, 15) is 0 Å². The summed E-state index contributed by atoms with van der Waals surface area (Å²) in [5, 5.41) is 2.53. The Bertz CT molecular complexity index is 1500. The molecule has 1 radical (unpaired) electrons. The van der Waals surface area contributed by atoms with Crippen LogP contribution in [0.25, 0.3) is 22.7 Å². The van der Waals surface area contributed by atoms with Gasteiger partial charge < -0.3 is 9.38 Å². The molecule has 0 atom stereocenters. The predicted octanol–water partition coefficient (Wildman–Crippen LogP) is 8.14. The Morgan fingerprint density at radius 3 is 2.26 bits per heavy atom. The molecule has 5 rings (SSSR count). The van der Waals surface area contributed by atoms with Crippen LogP contribution in [0.5, 0.6) is 0 Å². The molecule has 4 nitrogen and oxygen atoms in total. The van der Waals surface area contributed by atoms with Crippen LogP contribution in [-0.2, 0) is 32.7 Å². The normalized spacial score (nSPS) is 13.8. The molecule has 217 valence electrons. The smallest absolute Gasteiger partial charge is 0.282 e. The fourth-order valence-electron chi connectivity index (χ4n) is 5.99. The first-order chi connectivity index (χ1) is 19.9. The van der Waals surface area contributed by atoms with Crippen LogP contribution in [0.15, 0.2) is 94.9 Å². The maximum absolute atomic E-state index is 2.65. The molecule has 1 aliphatic heterocycles. The summed E-state index contributed by atoms with van der Waals surface area (Å²) in [5.74, 6) is 1.28. The van der Waals surface area contributed by atoms with Crippen molar-refractivity contribution in [1.29, 1.82) is 0 Å². The molecule has 1 aromatic heterocycles. The Morgan fingerprint density at radius 1 is 0.833 bits per heavy atom. The van der Waals surface area contributed by atoms with E-state index in [0.717, 1.165) is 17.6 Å². The first-order valence-electron chi connectivity index (χ1n) is 15.2. The van der Waals surface area contributed by atoms with Gasteiger partial charge in [0, 0.05) is 62.5 Å². The zero-order valence-electron chi connectivity index (χ0n) is 26.1. The minimum Gasteiger partial charge on any atom is -0.338 e. The van der Waals surface area contributed by atoms with Gasteiger partial charge in [0.15, 0.2) is 0 Å². The van der Waals surface area contributed by atoms with Crippen LogP contribution < -0.4 is 14.4 Å². The van der Waals surface area contributed by atoms with Crippen molar-refractivity contribution in [3.05, 3.63) is 95.5 Å². The predicted molar refractivity (Wildman–Crippen MR) is 178 cm³/mol. The Hall–Kier alpha value is -2.18. The second-order valence-electron chi connectivity index (χ2n) is 11.8. The van der Waals surface area contributed by atoms with E-state index >= 15 is 0 Å². The Morgan fingerprint density at radius 2 is 1.52 bits per heavy atom. The molecule has 0 saturated carbocycles. The summed E-state index contributed by atoms with van der Waals surface area (Å²) in [5.41, 5.74) is 5.01. The summed E-state index contributed by atoms with van der Waals surface area (Å²) in [6, 6.07) is 30.9. The van der Waals surface area contributed by atoms with Gasteiger partial charge in [0.05, 0.1) is 51.0 Å². The SMILES string of the molecule is CCCCN(CCC[N+](C)(C)CCC)c1cc(C=C2Sc3ccccc3N2C)c2ccccc2[n+]1-c1ccccc1.[Y]. The summed E-state index contributed by atoms with van der Waals surface area (Å²) in [4.78, 5) is 6.30. The fourth-order valence-corrected chi connectivity index (χ4v) is 7.10. The maximum Gasteiger partial charge on any atom is 0.282 e. The molecule has 2 heterocycles. The zero-order chi connectivity index (χ0) is 28.8. The molecule has 3 aromatic carbocycles. The monoisotopic (exact) mass is 655 g/mol. The third-order valence-corrected chi connectivity index (χ3v) is 9.33. The van der Waals surface area contributed by atoms with Crippen molar-refractivity contribution in [3.63, 3.8) is 0 Å². The summed E-state index contributed by atoms with van der Waals surface area (Å²) in [7, 11) is 6.93. The molecular weight excluding hydrogens is 609 g/mol. The number of hydrogen-bond donors (Lipinski definition) is 0. The van der Waals surface area contributed by atoms with E-state index < -0.39 is 0 Å². The summed E-state index contributed by atoms with van der Waals surface area (Å²) < 4.78 is 3.56. The van der Waals surface area contributed by atoms with Gasteiger partial charge in [0.25, 0.3) is 5.82 Å². The third-order valence-electron chi connectivity index (χ3n) is 8.16. The van der Waals surface area contributed by atoms with Gasteiger partial charge in [0.2, 0.25) is 0 Å². The van der Waals surface area contributed by atoms with Gasteiger partial charge in [0.1, 0.15) is 11.2 Å². The molecule has 0 unspecified atom stereocenters. The number of unbranched alkanes of at least 4 members (excludes halogenated alkanes) is 1. The van der Waals surface area contributed by atoms with E-state index in [1.54, 1.807) is 0 Å². The van der Waals surface area contributed by atoms with E-state index in [1.807, 2.05) is 11.8 Å². The molecule has 1 aliphatic rings. The van der Waals surface area contributed by atoms with E-state index in [4.69, 9.17) is 0 Å². The Labute approximate surface area is 282 Å². The number of aromatic nitrogens is 1. The van der Waals surface area contributed by atoms with Crippen LogP contribution in [0.4, 0.5) is 11.5 Å². The largest absolute Gasteiger partial charge is 0.338 e. The van der Waals surface area contributed by atoms with Gasteiger partial charge in [-0.25, -0.2) is 0 Å². The first kappa shape index (κ1) is 32.7. The van der Waals surface area contributed by atoms with Crippen LogP contribution in [0.3, 0.4) is 0 Å². The van der Waals surface area contributed by atoms with Gasteiger partial charge >= 0.3 is 0 Å². The fraction of sp³-hybridized carbons (Fsp3) is 0.361. The number of quaternary nitrogens is 1. The van der Waals surface area contributed by atoms with Crippen LogP contribution in [0, 0.1) is 0 Å². The van der Waals surface area contributed by atoms with E-state index in [-0.39, 0.29) is 32.7 Å². The summed E-state index contributed by atoms with van der Waals surface area (Å²) in [6.45, 7) is 9.10. The van der Waals surface area contributed by atoms with E-state index in [1.165, 1.54) is 82.4 Å². The molecule has 4 aromatic rings. The molecule has 0 spiro atoms. The minimum absolute atomic E-state index is 0. The molecule has 0 saturated heterocycles. The quantitative estimate of drug-likeness (QED) is 0.113. The molecule has 0 bridgehead atoms. The number of nitrogens with zero attached hydrogens (tertiary/aromatic N) is 4. The van der Waals surface area contributed by atoms with Gasteiger partial charge in [-0.1, -0.05) is 80.6 Å². The molecule has 0 aliphatic carbocycles. The molecule has 42 heavy (non-hydrogen) atoms.